The molecule has 0 bridgehead atoms. The largest absolute Gasteiger partial charge is 0.457 e. The van der Waals surface area contributed by atoms with Gasteiger partial charge in [-0.05, 0) is 6.42 Å². The standard InChI is InChI=1S/C11H20O5/c1-3-10(16-11(13)4-2)9-15-8-7-14-6-5-12/h4,10,12H,2-3,5-9H2,1H3. The second-order valence-electron chi connectivity index (χ2n) is 3.08. The van der Waals surface area contributed by atoms with Crippen molar-refractivity contribution in [3.05, 3.63) is 12.7 Å². The molecule has 0 aliphatic carbocycles. The average Bonchev–Trinajstić information content (AvgIpc) is 2.31. The Labute approximate surface area is 96.0 Å². The molecule has 1 unspecified atom stereocenters. The Kier molecular flexibility index (Phi) is 10.00. The number of rotatable bonds is 10. The number of ether oxygens (including phenoxy) is 3. The van der Waals surface area contributed by atoms with E-state index in [0.29, 0.717) is 32.8 Å². The van der Waals surface area contributed by atoms with E-state index >= 15 is 0 Å². The van der Waals surface area contributed by atoms with E-state index in [1.54, 1.807) is 0 Å². The van der Waals surface area contributed by atoms with Gasteiger partial charge < -0.3 is 19.3 Å². The van der Waals surface area contributed by atoms with Gasteiger partial charge in [0.1, 0.15) is 6.10 Å². The summed E-state index contributed by atoms with van der Waals surface area (Å²) in [7, 11) is 0. The van der Waals surface area contributed by atoms with Crippen LogP contribution >= 0.6 is 0 Å². The highest BCUT2D eigenvalue weighted by Crippen LogP contribution is 2.00. The van der Waals surface area contributed by atoms with Gasteiger partial charge in [-0.3, -0.25) is 0 Å². The topological polar surface area (TPSA) is 65.0 Å². The fourth-order valence-electron chi connectivity index (χ4n) is 0.947. The normalized spacial score (nSPS) is 12.1. The molecule has 0 radical (unpaired) electrons. The van der Waals surface area contributed by atoms with Gasteiger partial charge in [-0.15, -0.1) is 0 Å². The van der Waals surface area contributed by atoms with Gasteiger partial charge in [0.05, 0.1) is 33.0 Å². The maximum absolute atomic E-state index is 10.9. The molecule has 0 aromatic heterocycles. The lowest BCUT2D eigenvalue weighted by molar-refractivity contribution is -0.146. The number of hydrogen-bond acceptors (Lipinski definition) is 5. The van der Waals surface area contributed by atoms with Crippen molar-refractivity contribution in [2.24, 2.45) is 0 Å². The fourth-order valence-corrected chi connectivity index (χ4v) is 0.947. The van der Waals surface area contributed by atoms with E-state index in [1.807, 2.05) is 6.92 Å². The first-order valence-electron chi connectivity index (χ1n) is 5.34. The van der Waals surface area contributed by atoms with Gasteiger partial charge in [-0.1, -0.05) is 13.5 Å². The molecule has 5 nitrogen and oxygen atoms in total. The van der Waals surface area contributed by atoms with Gasteiger partial charge in [0.2, 0.25) is 0 Å². The van der Waals surface area contributed by atoms with Crippen molar-refractivity contribution in [2.45, 2.75) is 19.4 Å². The maximum Gasteiger partial charge on any atom is 0.330 e. The zero-order valence-corrected chi connectivity index (χ0v) is 9.68. The minimum absolute atomic E-state index is 0.00846. The van der Waals surface area contributed by atoms with Crippen LogP contribution in [0.2, 0.25) is 0 Å². The molecule has 1 N–H and O–H groups in total. The third kappa shape index (κ3) is 8.40. The fraction of sp³-hybridized carbons (Fsp3) is 0.727. The van der Waals surface area contributed by atoms with Crippen molar-refractivity contribution >= 4 is 5.97 Å². The number of carbonyl (C=O) groups excluding carboxylic acids is 1. The van der Waals surface area contributed by atoms with Crippen LogP contribution < -0.4 is 0 Å². The van der Waals surface area contributed by atoms with Crippen LogP contribution in [0.1, 0.15) is 13.3 Å². The molecule has 5 heteroatoms. The molecule has 16 heavy (non-hydrogen) atoms. The summed E-state index contributed by atoms with van der Waals surface area (Å²) in [6.45, 7) is 6.74. The molecule has 0 heterocycles. The summed E-state index contributed by atoms with van der Waals surface area (Å²) < 4.78 is 15.3. The molecule has 94 valence electrons. The van der Waals surface area contributed by atoms with Crippen LogP contribution in [-0.4, -0.2) is 50.2 Å². The Balaban J connectivity index is 3.47. The molecule has 0 rings (SSSR count). The predicted molar refractivity (Wildman–Crippen MR) is 59.1 cm³/mol. The third-order valence-corrected chi connectivity index (χ3v) is 1.82. The first kappa shape index (κ1) is 15.1. The summed E-state index contributed by atoms with van der Waals surface area (Å²) in [6, 6.07) is 0. The minimum atomic E-state index is -0.438. The van der Waals surface area contributed by atoms with Crippen LogP contribution in [0.3, 0.4) is 0 Å². The van der Waals surface area contributed by atoms with Crippen molar-refractivity contribution in [3.8, 4) is 0 Å². The summed E-state index contributed by atoms with van der Waals surface area (Å²) in [5, 5.41) is 8.44. The average molecular weight is 232 g/mol. The van der Waals surface area contributed by atoms with Crippen molar-refractivity contribution in [1.82, 2.24) is 0 Å². The van der Waals surface area contributed by atoms with E-state index in [0.717, 1.165) is 6.08 Å². The number of aliphatic hydroxyl groups excluding tert-OH is 1. The van der Waals surface area contributed by atoms with Crippen LogP contribution in [0.15, 0.2) is 12.7 Å². The molecule has 0 fully saturated rings. The molecule has 0 saturated heterocycles. The van der Waals surface area contributed by atoms with Crippen molar-refractivity contribution in [3.63, 3.8) is 0 Å². The second kappa shape index (κ2) is 10.6. The second-order valence-corrected chi connectivity index (χ2v) is 3.08. The van der Waals surface area contributed by atoms with Gasteiger partial charge in [-0.2, -0.15) is 0 Å². The van der Waals surface area contributed by atoms with Crippen LogP contribution in [0, 0.1) is 0 Å². The first-order valence-corrected chi connectivity index (χ1v) is 5.34. The Morgan fingerprint density at radius 2 is 2.06 bits per heavy atom. The highest BCUT2D eigenvalue weighted by molar-refractivity contribution is 5.81. The lowest BCUT2D eigenvalue weighted by Crippen LogP contribution is -2.23. The number of hydrogen-bond donors (Lipinski definition) is 1. The quantitative estimate of drug-likeness (QED) is 0.338. The van der Waals surface area contributed by atoms with E-state index in [1.165, 1.54) is 0 Å². The lowest BCUT2D eigenvalue weighted by Gasteiger charge is -2.15. The number of carbonyl (C=O) groups is 1. The Bertz CT molecular complexity index is 193. The van der Waals surface area contributed by atoms with E-state index in [-0.39, 0.29) is 12.7 Å². The van der Waals surface area contributed by atoms with Gasteiger partial charge in [0.15, 0.2) is 0 Å². The summed E-state index contributed by atoms with van der Waals surface area (Å²) in [4.78, 5) is 10.9. The summed E-state index contributed by atoms with van der Waals surface area (Å²) in [5.41, 5.74) is 0. The van der Waals surface area contributed by atoms with E-state index in [2.05, 4.69) is 6.58 Å². The molecular formula is C11H20O5. The summed E-state index contributed by atoms with van der Waals surface area (Å²) in [6.07, 6.45) is 1.58. The monoisotopic (exact) mass is 232 g/mol. The molecule has 0 amide bonds. The van der Waals surface area contributed by atoms with Crippen molar-refractivity contribution < 1.29 is 24.1 Å². The zero-order chi connectivity index (χ0) is 12.2. The summed E-state index contributed by atoms with van der Waals surface area (Å²) >= 11 is 0. The molecule has 0 saturated carbocycles. The predicted octanol–water partition coefficient (Wildman–Crippen LogP) is 0.520. The highest BCUT2D eigenvalue weighted by Gasteiger charge is 2.09. The van der Waals surface area contributed by atoms with Gasteiger partial charge in [-0.25, -0.2) is 4.79 Å². The van der Waals surface area contributed by atoms with Crippen LogP contribution in [0.25, 0.3) is 0 Å². The molecule has 0 spiro atoms. The van der Waals surface area contributed by atoms with Gasteiger partial charge in [0.25, 0.3) is 0 Å². The smallest absolute Gasteiger partial charge is 0.330 e. The highest BCUT2D eigenvalue weighted by atomic mass is 16.6. The Morgan fingerprint density at radius 1 is 1.38 bits per heavy atom. The molecule has 1 atom stereocenters. The molecular weight excluding hydrogens is 212 g/mol. The van der Waals surface area contributed by atoms with Crippen molar-refractivity contribution in [1.29, 1.82) is 0 Å². The van der Waals surface area contributed by atoms with Crippen LogP contribution in [-0.2, 0) is 19.0 Å². The maximum atomic E-state index is 10.9. The van der Waals surface area contributed by atoms with E-state index in [4.69, 9.17) is 19.3 Å². The van der Waals surface area contributed by atoms with E-state index in [9.17, 15) is 4.79 Å². The van der Waals surface area contributed by atoms with Crippen LogP contribution in [0.4, 0.5) is 0 Å². The number of aliphatic hydroxyl groups is 1. The Morgan fingerprint density at radius 3 is 2.62 bits per heavy atom. The molecule has 0 aromatic carbocycles. The van der Waals surface area contributed by atoms with Crippen LogP contribution in [0.5, 0.6) is 0 Å². The third-order valence-electron chi connectivity index (χ3n) is 1.82. The van der Waals surface area contributed by atoms with Gasteiger partial charge in [0, 0.05) is 6.08 Å². The van der Waals surface area contributed by atoms with Gasteiger partial charge >= 0.3 is 5.97 Å². The lowest BCUT2D eigenvalue weighted by atomic mass is 10.3. The minimum Gasteiger partial charge on any atom is -0.457 e. The molecule has 0 aliphatic heterocycles. The molecule has 0 aromatic rings. The van der Waals surface area contributed by atoms with Crippen molar-refractivity contribution in [2.75, 3.05) is 33.0 Å². The first-order chi connectivity index (χ1) is 7.74. The SMILES string of the molecule is C=CC(=O)OC(CC)COCCOCCO. The molecule has 0 aliphatic rings. The zero-order valence-electron chi connectivity index (χ0n) is 9.68. The Hall–Kier alpha value is -0.910. The number of esters is 1. The van der Waals surface area contributed by atoms with E-state index < -0.39 is 5.97 Å². The summed E-state index contributed by atoms with van der Waals surface area (Å²) in [5.74, 6) is -0.438.